The maximum Gasteiger partial charge on any atom is 0.330 e. The standard InChI is InChI=1S/C15H19NO5/c1-4-5-15(18)21-10-14(17)16-9-11-6-7-12(19-2)13(8-11)20-3/h4-8H,9-10H2,1-3H3,(H,16,17). The van der Waals surface area contributed by atoms with Crippen LogP contribution in [0, 0.1) is 0 Å². The summed E-state index contributed by atoms with van der Waals surface area (Å²) in [6.45, 7) is 1.69. The van der Waals surface area contributed by atoms with Gasteiger partial charge in [0.15, 0.2) is 18.1 Å². The molecule has 0 aliphatic heterocycles. The number of esters is 1. The van der Waals surface area contributed by atoms with Gasteiger partial charge in [-0.1, -0.05) is 12.1 Å². The Labute approximate surface area is 123 Å². The monoisotopic (exact) mass is 293 g/mol. The summed E-state index contributed by atoms with van der Waals surface area (Å²) in [5, 5.41) is 2.65. The lowest BCUT2D eigenvalue weighted by Gasteiger charge is -2.10. The number of methoxy groups -OCH3 is 2. The SMILES string of the molecule is CC=CC(=O)OCC(=O)NCc1ccc(OC)c(OC)c1. The zero-order valence-corrected chi connectivity index (χ0v) is 12.3. The van der Waals surface area contributed by atoms with E-state index in [2.05, 4.69) is 5.32 Å². The van der Waals surface area contributed by atoms with Crippen LogP contribution in [0.2, 0.25) is 0 Å². The van der Waals surface area contributed by atoms with Crippen LogP contribution < -0.4 is 14.8 Å². The quantitative estimate of drug-likeness (QED) is 0.608. The van der Waals surface area contributed by atoms with Gasteiger partial charge in [-0.05, 0) is 24.6 Å². The number of amides is 1. The van der Waals surface area contributed by atoms with Crippen molar-refractivity contribution in [2.75, 3.05) is 20.8 Å². The fraction of sp³-hybridized carbons (Fsp3) is 0.333. The third kappa shape index (κ3) is 5.56. The summed E-state index contributed by atoms with van der Waals surface area (Å²) < 4.78 is 15.0. The zero-order valence-electron chi connectivity index (χ0n) is 12.3. The normalized spacial score (nSPS) is 10.2. The van der Waals surface area contributed by atoms with Crippen LogP contribution in [0.25, 0.3) is 0 Å². The summed E-state index contributed by atoms with van der Waals surface area (Å²) in [4.78, 5) is 22.6. The fourth-order valence-electron chi connectivity index (χ4n) is 1.56. The van der Waals surface area contributed by atoms with E-state index in [1.807, 2.05) is 6.07 Å². The van der Waals surface area contributed by atoms with Gasteiger partial charge in [-0.2, -0.15) is 0 Å². The van der Waals surface area contributed by atoms with Crippen molar-refractivity contribution in [3.05, 3.63) is 35.9 Å². The van der Waals surface area contributed by atoms with Gasteiger partial charge >= 0.3 is 5.97 Å². The van der Waals surface area contributed by atoms with Gasteiger partial charge in [0.25, 0.3) is 5.91 Å². The average Bonchev–Trinajstić information content (AvgIpc) is 2.50. The summed E-state index contributed by atoms with van der Waals surface area (Å²) in [6, 6.07) is 5.34. The minimum atomic E-state index is -0.543. The van der Waals surface area contributed by atoms with Crippen LogP contribution in [0.3, 0.4) is 0 Å². The first-order chi connectivity index (χ1) is 10.1. The van der Waals surface area contributed by atoms with Crippen molar-refractivity contribution in [3.63, 3.8) is 0 Å². The van der Waals surface area contributed by atoms with E-state index in [-0.39, 0.29) is 12.5 Å². The van der Waals surface area contributed by atoms with E-state index < -0.39 is 5.97 Å². The summed E-state index contributed by atoms with van der Waals surface area (Å²) in [5.74, 6) is 0.290. The third-order valence-corrected chi connectivity index (χ3v) is 2.59. The highest BCUT2D eigenvalue weighted by Crippen LogP contribution is 2.27. The largest absolute Gasteiger partial charge is 0.493 e. The smallest absolute Gasteiger partial charge is 0.330 e. The summed E-state index contributed by atoms with van der Waals surface area (Å²) in [6.07, 6.45) is 2.80. The Bertz CT molecular complexity index is 525. The highest BCUT2D eigenvalue weighted by Gasteiger charge is 2.07. The molecule has 0 aliphatic carbocycles. The number of hydrogen-bond acceptors (Lipinski definition) is 5. The van der Waals surface area contributed by atoms with E-state index >= 15 is 0 Å². The topological polar surface area (TPSA) is 73.9 Å². The molecule has 6 heteroatoms. The van der Waals surface area contributed by atoms with Crippen molar-refractivity contribution in [1.82, 2.24) is 5.32 Å². The van der Waals surface area contributed by atoms with Crippen LogP contribution in [0.15, 0.2) is 30.4 Å². The molecular formula is C15H19NO5. The van der Waals surface area contributed by atoms with Crippen LogP contribution in [-0.4, -0.2) is 32.7 Å². The Balaban J connectivity index is 2.48. The molecule has 114 valence electrons. The van der Waals surface area contributed by atoms with Crippen molar-refractivity contribution in [2.45, 2.75) is 13.5 Å². The highest BCUT2D eigenvalue weighted by atomic mass is 16.5. The number of carbonyl (C=O) groups excluding carboxylic acids is 2. The van der Waals surface area contributed by atoms with Crippen molar-refractivity contribution >= 4 is 11.9 Å². The maximum atomic E-state index is 11.5. The Morgan fingerprint density at radius 2 is 1.90 bits per heavy atom. The Morgan fingerprint density at radius 3 is 2.52 bits per heavy atom. The van der Waals surface area contributed by atoms with Gasteiger partial charge < -0.3 is 19.5 Å². The second-order valence-electron chi connectivity index (χ2n) is 4.07. The van der Waals surface area contributed by atoms with Crippen molar-refractivity contribution in [1.29, 1.82) is 0 Å². The molecule has 1 rings (SSSR count). The second kappa shape index (κ2) is 8.63. The summed E-state index contributed by atoms with van der Waals surface area (Å²) in [7, 11) is 3.10. The molecule has 0 unspecified atom stereocenters. The maximum absolute atomic E-state index is 11.5. The zero-order chi connectivity index (χ0) is 15.7. The molecule has 0 radical (unpaired) electrons. The molecule has 0 saturated heterocycles. The van der Waals surface area contributed by atoms with Crippen LogP contribution in [0.1, 0.15) is 12.5 Å². The Kier molecular flexibility index (Phi) is 6.80. The molecule has 0 fully saturated rings. The number of rotatable bonds is 7. The summed E-state index contributed by atoms with van der Waals surface area (Å²) in [5.41, 5.74) is 0.848. The van der Waals surface area contributed by atoms with Gasteiger partial charge in [-0.3, -0.25) is 4.79 Å². The molecule has 1 aromatic carbocycles. The van der Waals surface area contributed by atoms with Gasteiger partial charge in [-0.25, -0.2) is 4.79 Å². The van der Waals surface area contributed by atoms with E-state index in [1.54, 1.807) is 39.4 Å². The number of carbonyl (C=O) groups is 2. The average molecular weight is 293 g/mol. The van der Waals surface area contributed by atoms with Gasteiger partial charge in [0, 0.05) is 12.6 Å². The molecular weight excluding hydrogens is 274 g/mol. The van der Waals surface area contributed by atoms with E-state index in [0.29, 0.717) is 18.0 Å². The highest BCUT2D eigenvalue weighted by molar-refractivity contribution is 5.85. The Morgan fingerprint density at radius 1 is 1.19 bits per heavy atom. The van der Waals surface area contributed by atoms with Crippen molar-refractivity contribution in [3.8, 4) is 11.5 Å². The number of hydrogen-bond donors (Lipinski definition) is 1. The molecule has 0 bridgehead atoms. The second-order valence-corrected chi connectivity index (χ2v) is 4.07. The molecule has 0 saturated carbocycles. The third-order valence-electron chi connectivity index (χ3n) is 2.59. The number of benzene rings is 1. The molecule has 6 nitrogen and oxygen atoms in total. The minimum absolute atomic E-state index is 0.306. The van der Waals surface area contributed by atoms with Gasteiger partial charge in [0.05, 0.1) is 14.2 Å². The first kappa shape index (κ1) is 16.6. The van der Waals surface area contributed by atoms with Crippen molar-refractivity contribution in [2.24, 2.45) is 0 Å². The van der Waals surface area contributed by atoms with E-state index in [4.69, 9.17) is 14.2 Å². The molecule has 21 heavy (non-hydrogen) atoms. The number of ether oxygens (including phenoxy) is 3. The van der Waals surface area contributed by atoms with Crippen molar-refractivity contribution < 1.29 is 23.8 Å². The van der Waals surface area contributed by atoms with Gasteiger partial charge in [-0.15, -0.1) is 0 Å². The van der Waals surface area contributed by atoms with E-state index in [1.165, 1.54) is 6.08 Å². The molecule has 0 aromatic heterocycles. The molecule has 0 heterocycles. The number of nitrogens with one attached hydrogen (secondary N) is 1. The predicted octanol–water partition coefficient (Wildman–Crippen LogP) is 1.44. The molecule has 0 atom stereocenters. The lowest BCUT2D eigenvalue weighted by Crippen LogP contribution is -2.28. The van der Waals surface area contributed by atoms with E-state index in [9.17, 15) is 9.59 Å². The van der Waals surface area contributed by atoms with E-state index in [0.717, 1.165) is 5.56 Å². The fourth-order valence-corrected chi connectivity index (χ4v) is 1.56. The number of allylic oxidation sites excluding steroid dienone is 1. The Hall–Kier alpha value is -2.50. The molecule has 0 aliphatic rings. The first-order valence-electron chi connectivity index (χ1n) is 6.37. The lowest BCUT2D eigenvalue weighted by atomic mass is 10.2. The predicted molar refractivity (Wildman–Crippen MR) is 77.2 cm³/mol. The van der Waals surface area contributed by atoms with Crippen LogP contribution in [-0.2, 0) is 20.9 Å². The lowest BCUT2D eigenvalue weighted by molar-refractivity contribution is -0.143. The molecule has 1 N–H and O–H groups in total. The molecule has 1 aromatic rings. The molecule has 1 amide bonds. The van der Waals surface area contributed by atoms with Crippen LogP contribution in [0.4, 0.5) is 0 Å². The summed E-state index contributed by atoms with van der Waals surface area (Å²) >= 11 is 0. The molecule has 0 spiro atoms. The minimum Gasteiger partial charge on any atom is -0.493 e. The van der Waals surface area contributed by atoms with Gasteiger partial charge in [0.2, 0.25) is 0 Å². The van der Waals surface area contributed by atoms with Crippen LogP contribution >= 0.6 is 0 Å². The van der Waals surface area contributed by atoms with Crippen LogP contribution in [0.5, 0.6) is 11.5 Å². The van der Waals surface area contributed by atoms with Gasteiger partial charge in [0.1, 0.15) is 0 Å². The first-order valence-corrected chi connectivity index (χ1v) is 6.37.